The third-order valence-corrected chi connectivity index (χ3v) is 10.1. The summed E-state index contributed by atoms with van der Waals surface area (Å²) in [5, 5.41) is 3.19. The van der Waals surface area contributed by atoms with E-state index in [-0.39, 0.29) is 44.3 Å². The van der Waals surface area contributed by atoms with Crippen molar-refractivity contribution >= 4 is 23.2 Å². The molecule has 2 aliphatic rings. The fourth-order valence-corrected chi connectivity index (χ4v) is 7.01. The molecule has 294 valence electrons. The van der Waals surface area contributed by atoms with E-state index < -0.39 is 53.9 Å². The molecular weight excluding hydrogens is 746 g/mol. The first kappa shape index (κ1) is 40.2. The highest BCUT2D eigenvalue weighted by atomic mass is 19.4. The van der Waals surface area contributed by atoms with Gasteiger partial charge in [-0.1, -0.05) is 24.3 Å². The standard InChI is InChI=1S/C26H23F4N5.C15H14F4O2/c1-16-31-12-13-35(16)21-9-7-20(8-10-21)32-25-33-23-11-4-18(26(28,29)30)15-22(23)24(34-25)14-17-2-5-19(27)6-3-17;16-11-4-1-9(2-5-11)7-14(21)12-8-10(15(17,18)19)3-6-13(12)20/h2-3,5-10,12-13,18H,4,11,14-15H2,1H3,(H,32,33,34);1-2,4-5,10,12H,3,6-8H2. The molecule has 2 aromatic heterocycles. The van der Waals surface area contributed by atoms with Crippen molar-refractivity contribution in [3.05, 3.63) is 131 Å². The van der Waals surface area contributed by atoms with Crippen LogP contribution in [0.2, 0.25) is 0 Å². The number of alkyl halides is 6. The smallest absolute Gasteiger partial charge is 0.324 e. The van der Waals surface area contributed by atoms with E-state index in [0.29, 0.717) is 34.9 Å². The van der Waals surface area contributed by atoms with E-state index in [1.165, 1.54) is 36.4 Å². The van der Waals surface area contributed by atoms with Crippen molar-refractivity contribution < 1.29 is 44.7 Å². The van der Waals surface area contributed by atoms with Gasteiger partial charge >= 0.3 is 12.4 Å². The van der Waals surface area contributed by atoms with Gasteiger partial charge in [0.05, 0.1) is 23.4 Å². The molecule has 1 N–H and O–H groups in total. The van der Waals surface area contributed by atoms with E-state index >= 15 is 0 Å². The molecule has 0 amide bonds. The van der Waals surface area contributed by atoms with E-state index in [0.717, 1.165) is 22.8 Å². The summed E-state index contributed by atoms with van der Waals surface area (Å²) < 4.78 is 107. The minimum absolute atomic E-state index is 0.00188. The number of ketones is 2. The van der Waals surface area contributed by atoms with Gasteiger partial charge in [-0.2, -0.15) is 26.3 Å². The average molecular weight is 784 g/mol. The van der Waals surface area contributed by atoms with E-state index in [9.17, 15) is 44.7 Å². The van der Waals surface area contributed by atoms with Gasteiger partial charge in [-0.3, -0.25) is 9.59 Å². The summed E-state index contributed by atoms with van der Waals surface area (Å²) in [5.74, 6) is -4.80. The molecule has 5 aromatic rings. The van der Waals surface area contributed by atoms with Crippen molar-refractivity contribution in [1.29, 1.82) is 0 Å². The SMILES string of the molecule is Cc1nccn1-c1ccc(Nc2nc3c(c(Cc4ccc(F)cc4)n2)CC(C(F)(F)F)CC3)cc1.O=C1CCC(C(F)(F)F)CC1C(=O)Cc1ccc(F)cc1. The van der Waals surface area contributed by atoms with Crippen molar-refractivity contribution in [1.82, 2.24) is 19.5 Å². The summed E-state index contributed by atoms with van der Waals surface area (Å²) in [4.78, 5) is 37.2. The van der Waals surface area contributed by atoms with Crippen LogP contribution in [0.25, 0.3) is 5.69 Å². The van der Waals surface area contributed by atoms with Gasteiger partial charge in [-0.05, 0) is 104 Å². The van der Waals surface area contributed by atoms with E-state index in [4.69, 9.17) is 0 Å². The van der Waals surface area contributed by atoms with Crippen molar-refractivity contribution in [2.45, 2.75) is 70.6 Å². The Morgan fingerprint density at radius 1 is 0.804 bits per heavy atom. The van der Waals surface area contributed by atoms with Gasteiger partial charge in [-0.15, -0.1) is 0 Å². The molecule has 0 spiro atoms. The van der Waals surface area contributed by atoms with Crippen LogP contribution >= 0.6 is 0 Å². The van der Waals surface area contributed by atoms with E-state index in [1.807, 2.05) is 42.0 Å². The Morgan fingerprint density at radius 3 is 2.00 bits per heavy atom. The molecular formula is C41H37F8N5O2. The fourth-order valence-electron chi connectivity index (χ4n) is 7.01. The Balaban J connectivity index is 0.000000217. The molecule has 3 atom stereocenters. The largest absolute Gasteiger partial charge is 0.392 e. The molecule has 2 heterocycles. The maximum Gasteiger partial charge on any atom is 0.392 e. The lowest BCUT2D eigenvalue weighted by atomic mass is 9.77. The number of fused-ring (bicyclic) bond motifs is 1. The number of aromatic nitrogens is 4. The molecule has 15 heteroatoms. The summed E-state index contributed by atoms with van der Waals surface area (Å²) in [6, 6.07) is 18.7. The molecule has 0 bridgehead atoms. The van der Waals surface area contributed by atoms with Crippen molar-refractivity contribution in [3.8, 4) is 5.69 Å². The minimum atomic E-state index is -4.38. The van der Waals surface area contributed by atoms with Crippen molar-refractivity contribution in [2.75, 3.05) is 5.32 Å². The number of anilines is 2. The van der Waals surface area contributed by atoms with Gasteiger partial charge in [0.2, 0.25) is 5.95 Å². The molecule has 2 aliphatic carbocycles. The van der Waals surface area contributed by atoms with Gasteiger partial charge in [0.15, 0.2) is 0 Å². The summed E-state index contributed by atoms with van der Waals surface area (Å²) in [5.41, 5.74) is 4.67. The second-order valence-electron chi connectivity index (χ2n) is 14.0. The predicted octanol–water partition coefficient (Wildman–Crippen LogP) is 9.60. The van der Waals surface area contributed by atoms with Crippen LogP contribution in [0, 0.1) is 36.3 Å². The number of rotatable bonds is 8. The fraction of sp³-hybridized carbons (Fsp3) is 0.341. The molecule has 7 nitrogen and oxygen atoms in total. The van der Waals surface area contributed by atoms with Crippen LogP contribution in [0.3, 0.4) is 0 Å². The zero-order valence-corrected chi connectivity index (χ0v) is 30.1. The first-order chi connectivity index (χ1) is 26.5. The van der Waals surface area contributed by atoms with Crippen molar-refractivity contribution in [3.63, 3.8) is 0 Å². The third kappa shape index (κ3) is 10.0. The number of carbonyl (C=O) groups is 2. The van der Waals surface area contributed by atoms with E-state index in [1.54, 1.807) is 18.3 Å². The monoisotopic (exact) mass is 783 g/mol. The lowest BCUT2D eigenvalue weighted by Crippen LogP contribution is -2.37. The van der Waals surface area contributed by atoms with Gasteiger partial charge < -0.3 is 9.88 Å². The number of imidazole rings is 1. The van der Waals surface area contributed by atoms with Gasteiger partial charge in [0.25, 0.3) is 0 Å². The second kappa shape index (κ2) is 16.7. The molecule has 3 unspecified atom stereocenters. The van der Waals surface area contributed by atoms with Crippen LogP contribution in [-0.2, 0) is 35.3 Å². The number of Topliss-reactive ketones (excluding diaryl/α,β-unsaturated/α-hetero) is 2. The maximum atomic E-state index is 13.5. The normalized spacial score (nSPS) is 18.4. The molecule has 3 aromatic carbocycles. The quantitative estimate of drug-likeness (QED) is 0.125. The summed E-state index contributed by atoms with van der Waals surface area (Å²) in [6.45, 7) is 1.92. The number of benzene rings is 3. The Hall–Kier alpha value is -5.47. The number of halogens is 8. The molecule has 0 radical (unpaired) electrons. The highest BCUT2D eigenvalue weighted by Crippen LogP contribution is 2.40. The molecule has 0 aliphatic heterocycles. The Morgan fingerprint density at radius 2 is 1.41 bits per heavy atom. The van der Waals surface area contributed by atoms with Gasteiger partial charge in [0, 0.05) is 48.7 Å². The Bertz CT molecular complexity index is 2150. The maximum absolute atomic E-state index is 13.5. The highest BCUT2D eigenvalue weighted by Gasteiger charge is 2.46. The summed E-state index contributed by atoms with van der Waals surface area (Å²) in [6.07, 6.45) is -5.75. The molecule has 1 saturated carbocycles. The van der Waals surface area contributed by atoms with Crippen LogP contribution in [0.4, 0.5) is 46.8 Å². The van der Waals surface area contributed by atoms with Crippen LogP contribution < -0.4 is 5.32 Å². The lowest BCUT2D eigenvalue weighted by Gasteiger charge is -2.28. The number of aryl methyl sites for hydroxylation is 2. The third-order valence-electron chi connectivity index (χ3n) is 10.1. The van der Waals surface area contributed by atoms with E-state index in [2.05, 4.69) is 20.3 Å². The Kier molecular flexibility index (Phi) is 12.0. The highest BCUT2D eigenvalue weighted by molar-refractivity contribution is 6.03. The summed E-state index contributed by atoms with van der Waals surface area (Å²) in [7, 11) is 0. The molecule has 0 saturated heterocycles. The van der Waals surface area contributed by atoms with Gasteiger partial charge in [-0.25, -0.2) is 23.7 Å². The van der Waals surface area contributed by atoms with Gasteiger partial charge in [0.1, 0.15) is 29.0 Å². The van der Waals surface area contributed by atoms with Crippen molar-refractivity contribution in [2.24, 2.45) is 17.8 Å². The number of nitrogens with zero attached hydrogens (tertiary/aromatic N) is 4. The predicted molar refractivity (Wildman–Crippen MR) is 191 cm³/mol. The lowest BCUT2D eigenvalue weighted by molar-refractivity contribution is -0.186. The number of hydrogen-bond acceptors (Lipinski definition) is 6. The number of carbonyl (C=O) groups excluding carboxylic acids is 2. The van der Waals surface area contributed by atoms with Crippen LogP contribution in [-0.4, -0.2) is 43.4 Å². The number of nitrogens with one attached hydrogen (secondary N) is 1. The Labute approximate surface area is 317 Å². The average Bonchev–Trinajstić information content (AvgIpc) is 3.58. The zero-order chi connectivity index (χ0) is 40.2. The zero-order valence-electron chi connectivity index (χ0n) is 30.1. The molecule has 7 rings (SSSR count). The topological polar surface area (TPSA) is 89.8 Å². The van der Waals surface area contributed by atoms with Crippen LogP contribution in [0.5, 0.6) is 0 Å². The van der Waals surface area contributed by atoms with Crippen LogP contribution in [0.1, 0.15) is 59.6 Å². The first-order valence-corrected chi connectivity index (χ1v) is 18.0. The first-order valence-electron chi connectivity index (χ1n) is 18.0. The second-order valence-corrected chi connectivity index (χ2v) is 14.0. The molecule has 56 heavy (non-hydrogen) atoms. The summed E-state index contributed by atoms with van der Waals surface area (Å²) >= 11 is 0. The van der Waals surface area contributed by atoms with Crippen LogP contribution in [0.15, 0.2) is 85.2 Å². The molecule has 1 fully saturated rings. The number of hydrogen-bond donors (Lipinski definition) is 1. The minimum Gasteiger partial charge on any atom is -0.324 e.